The van der Waals surface area contributed by atoms with Crippen molar-refractivity contribution in [1.29, 1.82) is 0 Å². The van der Waals surface area contributed by atoms with Crippen LogP contribution >= 0.6 is 27.5 Å². The normalized spacial score (nSPS) is 10.5. The molecule has 2 rings (SSSR count). The third-order valence-corrected chi connectivity index (χ3v) is 3.99. The number of aromatic carboxylic acids is 1. The van der Waals surface area contributed by atoms with Crippen molar-refractivity contribution in [2.45, 2.75) is 6.92 Å². The fraction of sp³-hybridized carbons (Fsp3) is 0.0714. The lowest BCUT2D eigenvalue weighted by molar-refractivity contribution is 0.0697. The Morgan fingerprint density at radius 1 is 1.26 bits per heavy atom. The lowest BCUT2D eigenvalue weighted by Gasteiger charge is -2.10. The Labute approximate surface area is 123 Å². The maximum Gasteiger partial charge on any atom is 0.336 e. The summed E-state index contributed by atoms with van der Waals surface area (Å²) in [6.07, 6.45) is 0. The van der Waals surface area contributed by atoms with E-state index in [-0.39, 0.29) is 16.1 Å². The average molecular weight is 344 g/mol. The van der Waals surface area contributed by atoms with Crippen LogP contribution in [-0.2, 0) is 0 Å². The zero-order valence-corrected chi connectivity index (χ0v) is 12.2. The van der Waals surface area contributed by atoms with Crippen LogP contribution in [0, 0.1) is 12.7 Å². The first-order valence-electron chi connectivity index (χ1n) is 5.39. The first-order valence-corrected chi connectivity index (χ1v) is 6.56. The number of rotatable bonds is 2. The lowest BCUT2D eigenvalue weighted by Crippen LogP contribution is -2.01. The first kappa shape index (κ1) is 14.0. The van der Waals surface area contributed by atoms with Gasteiger partial charge in [-0.1, -0.05) is 35.4 Å². The predicted molar refractivity (Wildman–Crippen MR) is 76.2 cm³/mol. The molecule has 19 heavy (non-hydrogen) atoms. The summed E-state index contributed by atoms with van der Waals surface area (Å²) in [5, 5.41) is 9.11. The molecular formula is C14H9BrClFO2. The predicted octanol–water partition coefficient (Wildman–Crippen LogP) is 4.92. The number of aryl methyl sites for hydroxylation is 1. The van der Waals surface area contributed by atoms with Gasteiger partial charge < -0.3 is 5.11 Å². The molecular weight excluding hydrogens is 335 g/mol. The van der Waals surface area contributed by atoms with E-state index in [1.54, 1.807) is 18.2 Å². The number of carbonyl (C=O) groups is 1. The molecule has 2 aromatic carbocycles. The topological polar surface area (TPSA) is 37.3 Å². The molecule has 2 aromatic rings. The summed E-state index contributed by atoms with van der Waals surface area (Å²) < 4.78 is 14.6. The monoisotopic (exact) mass is 342 g/mol. The van der Waals surface area contributed by atoms with Crippen molar-refractivity contribution in [3.63, 3.8) is 0 Å². The Hall–Kier alpha value is -1.39. The third kappa shape index (κ3) is 2.65. The zero-order chi connectivity index (χ0) is 14.2. The number of carboxylic acid groups (broad SMARTS) is 1. The van der Waals surface area contributed by atoms with E-state index >= 15 is 0 Å². The minimum absolute atomic E-state index is 0.0443. The number of benzene rings is 2. The fourth-order valence-electron chi connectivity index (χ4n) is 1.80. The maximum atomic E-state index is 14.2. The van der Waals surface area contributed by atoms with Gasteiger partial charge in [-0.25, -0.2) is 9.18 Å². The second-order valence-electron chi connectivity index (χ2n) is 4.08. The molecule has 0 unspecified atom stereocenters. The molecule has 2 nitrogen and oxygen atoms in total. The summed E-state index contributed by atoms with van der Waals surface area (Å²) in [5.74, 6) is -1.74. The van der Waals surface area contributed by atoms with Crippen molar-refractivity contribution in [2.75, 3.05) is 0 Å². The van der Waals surface area contributed by atoms with E-state index < -0.39 is 11.8 Å². The molecule has 1 N–H and O–H groups in total. The van der Waals surface area contributed by atoms with Gasteiger partial charge >= 0.3 is 5.97 Å². The number of carboxylic acids is 1. The fourth-order valence-corrected chi connectivity index (χ4v) is 2.27. The van der Waals surface area contributed by atoms with E-state index in [1.807, 2.05) is 6.92 Å². The van der Waals surface area contributed by atoms with Gasteiger partial charge in [0, 0.05) is 10.0 Å². The molecule has 0 saturated heterocycles. The van der Waals surface area contributed by atoms with Gasteiger partial charge in [-0.3, -0.25) is 0 Å². The minimum Gasteiger partial charge on any atom is -0.478 e. The summed E-state index contributed by atoms with van der Waals surface area (Å²) in [6.45, 7) is 1.81. The second kappa shape index (κ2) is 5.31. The Balaban J connectivity index is 2.75. The van der Waals surface area contributed by atoms with E-state index in [9.17, 15) is 9.18 Å². The first-order chi connectivity index (χ1) is 8.91. The molecule has 0 aliphatic heterocycles. The molecule has 5 heteroatoms. The molecule has 0 bridgehead atoms. The lowest BCUT2D eigenvalue weighted by atomic mass is 9.97. The van der Waals surface area contributed by atoms with Crippen LogP contribution in [0.3, 0.4) is 0 Å². The van der Waals surface area contributed by atoms with Crippen molar-refractivity contribution < 1.29 is 14.3 Å². The third-order valence-electron chi connectivity index (χ3n) is 2.73. The molecule has 0 atom stereocenters. The van der Waals surface area contributed by atoms with Crippen molar-refractivity contribution in [1.82, 2.24) is 0 Å². The Kier molecular flexibility index (Phi) is 3.92. The van der Waals surface area contributed by atoms with Crippen molar-refractivity contribution in [2.24, 2.45) is 0 Å². The van der Waals surface area contributed by atoms with Gasteiger partial charge in [0.1, 0.15) is 0 Å². The van der Waals surface area contributed by atoms with Gasteiger partial charge in [-0.15, -0.1) is 0 Å². The molecule has 0 aromatic heterocycles. The number of hydrogen-bond donors (Lipinski definition) is 1. The zero-order valence-electron chi connectivity index (χ0n) is 9.88. The van der Waals surface area contributed by atoms with Gasteiger partial charge in [-0.2, -0.15) is 0 Å². The molecule has 0 heterocycles. The summed E-state index contributed by atoms with van der Waals surface area (Å²) in [5.41, 5.74) is 1.38. The minimum atomic E-state index is -1.10. The Bertz CT molecular complexity index is 671. The molecule has 0 aliphatic rings. The standard InChI is InChI=1S/C14H9BrClFO2/c1-7-2-3-9(14(18)19)10(6-7)8-4-5-11(15)12(16)13(8)17/h2-6H,1H3,(H,18,19). The van der Waals surface area contributed by atoms with Crippen molar-refractivity contribution in [3.8, 4) is 11.1 Å². The second-order valence-corrected chi connectivity index (χ2v) is 5.31. The molecule has 0 amide bonds. The SMILES string of the molecule is Cc1ccc(C(=O)O)c(-c2ccc(Br)c(Cl)c2F)c1. The van der Waals surface area contributed by atoms with Gasteiger partial charge in [0.25, 0.3) is 0 Å². The average Bonchev–Trinajstić information content (AvgIpc) is 2.35. The van der Waals surface area contributed by atoms with Crippen LogP contribution in [0.5, 0.6) is 0 Å². The highest BCUT2D eigenvalue weighted by molar-refractivity contribution is 9.10. The van der Waals surface area contributed by atoms with Crippen LogP contribution in [0.4, 0.5) is 4.39 Å². The molecule has 98 valence electrons. The smallest absolute Gasteiger partial charge is 0.336 e. The quantitative estimate of drug-likeness (QED) is 0.786. The van der Waals surface area contributed by atoms with E-state index in [0.717, 1.165) is 5.56 Å². The summed E-state index contributed by atoms with van der Waals surface area (Å²) in [6, 6.07) is 7.86. The molecule has 0 fully saturated rings. The number of hydrogen-bond acceptors (Lipinski definition) is 1. The Morgan fingerprint density at radius 3 is 2.58 bits per heavy atom. The molecule has 0 spiro atoms. The van der Waals surface area contributed by atoms with E-state index in [1.165, 1.54) is 12.1 Å². The summed E-state index contributed by atoms with van der Waals surface area (Å²) in [7, 11) is 0. The van der Waals surface area contributed by atoms with Gasteiger partial charge in [-0.05, 0) is 40.5 Å². The highest BCUT2D eigenvalue weighted by Crippen LogP contribution is 2.34. The van der Waals surface area contributed by atoms with Crippen molar-refractivity contribution >= 4 is 33.5 Å². The molecule has 0 saturated carbocycles. The summed E-state index contributed by atoms with van der Waals surface area (Å²) >= 11 is 8.96. The van der Waals surface area contributed by atoms with Gasteiger partial charge in [0.15, 0.2) is 5.82 Å². The van der Waals surface area contributed by atoms with E-state index in [4.69, 9.17) is 16.7 Å². The number of halogens is 3. The van der Waals surface area contributed by atoms with Crippen LogP contribution in [-0.4, -0.2) is 11.1 Å². The van der Waals surface area contributed by atoms with E-state index in [2.05, 4.69) is 15.9 Å². The van der Waals surface area contributed by atoms with Crippen molar-refractivity contribution in [3.05, 3.63) is 56.8 Å². The largest absolute Gasteiger partial charge is 0.478 e. The molecule has 0 aliphatic carbocycles. The van der Waals surface area contributed by atoms with Gasteiger partial charge in [0.2, 0.25) is 0 Å². The highest BCUT2D eigenvalue weighted by atomic mass is 79.9. The maximum absolute atomic E-state index is 14.2. The Morgan fingerprint density at radius 2 is 1.95 bits per heavy atom. The highest BCUT2D eigenvalue weighted by Gasteiger charge is 2.17. The van der Waals surface area contributed by atoms with Gasteiger partial charge in [0.05, 0.1) is 10.6 Å². The van der Waals surface area contributed by atoms with Crippen LogP contribution in [0.15, 0.2) is 34.8 Å². The van der Waals surface area contributed by atoms with E-state index in [0.29, 0.717) is 10.0 Å². The van der Waals surface area contributed by atoms with Crippen LogP contribution in [0.1, 0.15) is 15.9 Å². The van der Waals surface area contributed by atoms with Crippen LogP contribution in [0.2, 0.25) is 5.02 Å². The summed E-state index contributed by atoms with van der Waals surface area (Å²) in [4.78, 5) is 11.2. The molecule has 0 radical (unpaired) electrons. The van der Waals surface area contributed by atoms with Crippen LogP contribution in [0.25, 0.3) is 11.1 Å². The van der Waals surface area contributed by atoms with Crippen LogP contribution < -0.4 is 0 Å².